The van der Waals surface area contributed by atoms with E-state index in [4.69, 9.17) is 10.9 Å². The number of carbonyl (C=O) groups is 1. The number of oxime groups is 1. The zero-order valence-corrected chi connectivity index (χ0v) is 9.15. The molecule has 0 unspecified atom stereocenters. The van der Waals surface area contributed by atoms with Crippen LogP contribution in [0.5, 0.6) is 0 Å². The smallest absolute Gasteiger partial charge is 0.230 e. The first kappa shape index (κ1) is 11.8. The number of amides is 1. The predicted molar refractivity (Wildman–Crippen MR) is 57.6 cm³/mol. The van der Waals surface area contributed by atoms with Crippen LogP contribution in [0.1, 0.15) is 32.6 Å². The van der Waals surface area contributed by atoms with Crippen LogP contribution >= 0.6 is 0 Å². The summed E-state index contributed by atoms with van der Waals surface area (Å²) in [6.07, 6.45) is 3.72. The van der Waals surface area contributed by atoms with E-state index < -0.39 is 0 Å². The van der Waals surface area contributed by atoms with Crippen molar-refractivity contribution in [3.8, 4) is 0 Å². The van der Waals surface area contributed by atoms with Crippen LogP contribution < -0.4 is 5.73 Å². The normalized spacial score (nSPS) is 17.3. The largest absolute Gasteiger partial charge is 0.409 e. The van der Waals surface area contributed by atoms with Crippen molar-refractivity contribution in [2.75, 3.05) is 13.1 Å². The molecule has 15 heavy (non-hydrogen) atoms. The summed E-state index contributed by atoms with van der Waals surface area (Å²) in [4.78, 5) is 13.5. The minimum Gasteiger partial charge on any atom is -0.409 e. The lowest BCUT2D eigenvalue weighted by Crippen LogP contribution is -2.39. The van der Waals surface area contributed by atoms with Crippen LogP contribution in [0, 0.1) is 5.92 Å². The number of carbonyl (C=O) groups excluding carboxylic acids is 1. The second kappa shape index (κ2) is 5.58. The molecule has 86 valence electrons. The van der Waals surface area contributed by atoms with Gasteiger partial charge in [-0.15, -0.1) is 0 Å². The van der Waals surface area contributed by atoms with Crippen LogP contribution in [0.2, 0.25) is 0 Å². The number of nitrogens with two attached hydrogens (primary N) is 1. The molecular weight excluding hydrogens is 194 g/mol. The van der Waals surface area contributed by atoms with E-state index in [9.17, 15) is 4.79 Å². The molecule has 1 fully saturated rings. The minimum absolute atomic E-state index is 0.0110. The molecule has 1 aliphatic carbocycles. The Hall–Kier alpha value is -1.26. The third-order valence-electron chi connectivity index (χ3n) is 2.90. The zero-order chi connectivity index (χ0) is 11.3. The second-order valence-corrected chi connectivity index (χ2v) is 4.00. The number of amidine groups is 1. The van der Waals surface area contributed by atoms with E-state index in [0.29, 0.717) is 12.5 Å². The second-order valence-electron chi connectivity index (χ2n) is 4.00. The van der Waals surface area contributed by atoms with E-state index in [0.717, 1.165) is 6.54 Å². The zero-order valence-electron chi connectivity index (χ0n) is 9.15. The fourth-order valence-electron chi connectivity index (χ4n) is 1.70. The van der Waals surface area contributed by atoms with E-state index in [1.54, 1.807) is 4.90 Å². The fraction of sp³-hybridized carbons (Fsp3) is 0.800. The molecule has 3 N–H and O–H groups in total. The molecule has 0 heterocycles. The summed E-state index contributed by atoms with van der Waals surface area (Å²) >= 11 is 0. The van der Waals surface area contributed by atoms with Gasteiger partial charge in [0.05, 0.1) is 6.42 Å². The molecule has 0 atom stereocenters. The van der Waals surface area contributed by atoms with Crippen molar-refractivity contribution in [2.45, 2.75) is 32.6 Å². The molecule has 1 aliphatic rings. The Balaban J connectivity index is 2.38. The molecule has 1 saturated carbocycles. The average molecular weight is 213 g/mol. The maximum atomic E-state index is 11.7. The predicted octanol–water partition coefficient (Wildman–Crippen LogP) is 0.771. The third-order valence-corrected chi connectivity index (χ3v) is 2.90. The molecule has 0 aliphatic heterocycles. The summed E-state index contributed by atoms with van der Waals surface area (Å²) in [7, 11) is 0. The first-order chi connectivity index (χ1) is 7.17. The van der Waals surface area contributed by atoms with Gasteiger partial charge in [-0.1, -0.05) is 11.6 Å². The molecule has 0 aromatic carbocycles. The van der Waals surface area contributed by atoms with Gasteiger partial charge in [-0.25, -0.2) is 0 Å². The minimum atomic E-state index is -0.0558. The highest BCUT2D eigenvalue weighted by atomic mass is 16.4. The molecule has 0 bridgehead atoms. The maximum absolute atomic E-state index is 11.7. The summed E-state index contributed by atoms with van der Waals surface area (Å²) in [5, 5.41) is 11.2. The van der Waals surface area contributed by atoms with E-state index >= 15 is 0 Å². The summed E-state index contributed by atoms with van der Waals surface area (Å²) in [6, 6.07) is 0. The molecule has 0 saturated heterocycles. The molecule has 0 aromatic rings. The highest BCUT2D eigenvalue weighted by Crippen LogP contribution is 2.27. The highest BCUT2D eigenvalue weighted by Gasteiger charge is 2.22. The van der Waals surface area contributed by atoms with Crippen LogP contribution in [0.3, 0.4) is 0 Å². The SMILES string of the molecule is CCN(CC1CCC1)C(=O)CC(N)=NO. The number of rotatable bonds is 5. The van der Waals surface area contributed by atoms with Crippen molar-refractivity contribution in [1.29, 1.82) is 0 Å². The van der Waals surface area contributed by atoms with Crippen molar-refractivity contribution in [3.05, 3.63) is 0 Å². The molecule has 0 spiro atoms. The fourth-order valence-corrected chi connectivity index (χ4v) is 1.70. The Kier molecular flexibility index (Phi) is 4.39. The Bertz CT molecular complexity index is 249. The molecule has 1 rings (SSSR count). The molecule has 5 heteroatoms. The lowest BCUT2D eigenvalue weighted by molar-refractivity contribution is -0.130. The molecule has 0 aromatic heterocycles. The monoisotopic (exact) mass is 213 g/mol. The Morgan fingerprint density at radius 2 is 2.27 bits per heavy atom. The first-order valence-corrected chi connectivity index (χ1v) is 5.41. The average Bonchev–Trinajstić information content (AvgIpc) is 2.16. The Labute approximate surface area is 89.9 Å². The maximum Gasteiger partial charge on any atom is 0.230 e. The summed E-state index contributed by atoms with van der Waals surface area (Å²) in [5.74, 6) is 0.577. The van der Waals surface area contributed by atoms with Gasteiger partial charge in [-0.3, -0.25) is 4.79 Å². The summed E-state index contributed by atoms with van der Waals surface area (Å²) in [5.41, 5.74) is 5.30. The van der Waals surface area contributed by atoms with E-state index in [2.05, 4.69) is 5.16 Å². The van der Waals surface area contributed by atoms with Crippen molar-refractivity contribution >= 4 is 11.7 Å². The lowest BCUT2D eigenvalue weighted by atomic mass is 9.85. The van der Waals surface area contributed by atoms with Gasteiger partial charge in [0.2, 0.25) is 5.91 Å². The molecule has 1 amide bonds. The van der Waals surface area contributed by atoms with E-state index in [-0.39, 0.29) is 18.2 Å². The van der Waals surface area contributed by atoms with Crippen molar-refractivity contribution in [2.24, 2.45) is 16.8 Å². The van der Waals surface area contributed by atoms with E-state index in [1.165, 1.54) is 19.3 Å². The standard InChI is InChI=1S/C10H19N3O2/c1-2-13(7-8-4-3-5-8)10(14)6-9(11)12-15/h8,15H,2-7H2,1H3,(H2,11,12). The van der Waals surface area contributed by atoms with Gasteiger partial charge in [0.15, 0.2) is 0 Å². The Morgan fingerprint density at radius 3 is 2.67 bits per heavy atom. The van der Waals surface area contributed by atoms with Crippen LogP contribution in [0.4, 0.5) is 0 Å². The summed E-state index contributed by atoms with van der Waals surface area (Å²) in [6.45, 7) is 3.45. The van der Waals surface area contributed by atoms with Gasteiger partial charge in [-0.05, 0) is 25.7 Å². The van der Waals surface area contributed by atoms with Gasteiger partial charge in [-0.2, -0.15) is 0 Å². The number of hydrogen-bond acceptors (Lipinski definition) is 3. The first-order valence-electron chi connectivity index (χ1n) is 5.41. The van der Waals surface area contributed by atoms with Gasteiger partial charge in [0.1, 0.15) is 5.84 Å². The summed E-state index contributed by atoms with van der Waals surface area (Å²) < 4.78 is 0. The van der Waals surface area contributed by atoms with Crippen LogP contribution in [0.25, 0.3) is 0 Å². The van der Waals surface area contributed by atoms with Crippen molar-refractivity contribution < 1.29 is 10.0 Å². The third kappa shape index (κ3) is 3.42. The van der Waals surface area contributed by atoms with E-state index in [1.807, 2.05) is 6.92 Å². The highest BCUT2D eigenvalue weighted by molar-refractivity contribution is 5.98. The van der Waals surface area contributed by atoms with Crippen molar-refractivity contribution in [3.63, 3.8) is 0 Å². The topological polar surface area (TPSA) is 78.9 Å². The van der Waals surface area contributed by atoms with Gasteiger partial charge >= 0.3 is 0 Å². The molecule has 5 nitrogen and oxygen atoms in total. The van der Waals surface area contributed by atoms with Gasteiger partial charge in [0, 0.05) is 13.1 Å². The molecule has 0 radical (unpaired) electrons. The van der Waals surface area contributed by atoms with Gasteiger partial charge < -0.3 is 15.8 Å². The van der Waals surface area contributed by atoms with Crippen molar-refractivity contribution in [1.82, 2.24) is 4.90 Å². The number of hydrogen-bond donors (Lipinski definition) is 2. The van der Waals surface area contributed by atoms with Crippen LogP contribution in [-0.2, 0) is 4.79 Å². The lowest BCUT2D eigenvalue weighted by Gasteiger charge is -2.31. The molecular formula is C10H19N3O2. The Morgan fingerprint density at radius 1 is 1.60 bits per heavy atom. The van der Waals surface area contributed by atoms with Crippen LogP contribution in [0.15, 0.2) is 5.16 Å². The van der Waals surface area contributed by atoms with Gasteiger partial charge in [0.25, 0.3) is 0 Å². The number of nitrogens with zero attached hydrogens (tertiary/aromatic N) is 2. The van der Waals surface area contributed by atoms with Crippen LogP contribution in [-0.4, -0.2) is 34.9 Å². The quantitative estimate of drug-likeness (QED) is 0.306.